The van der Waals surface area contributed by atoms with Crippen molar-refractivity contribution in [2.45, 2.75) is 50.6 Å². The van der Waals surface area contributed by atoms with Gasteiger partial charge in [-0.15, -0.1) is 0 Å². The summed E-state index contributed by atoms with van der Waals surface area (Å²) in [5, 5.41) is 6.01. The molecule has 0 bridgehead atoms. The van der Waals surface area contributed by atoms with Crippen molar-refractivity contribution in [2.24, 2.45) is 5.92 Å². The fourth-order valence-corrected chi connectivity index (χ4v) is 4.42. The second-order valence-electron chi connectivity index (χ2n) is 9.17. The third kappa shape index (κ3) is 6.37. The summed E-state index contributed by atoms with van der Waals surface area (Å²) in [4.78, 5) is 40.5. The van der Waals surface area contributed by atoms with Crippen LogP contribution in [0.1, 0.15) is 48.0 Å². The lowest BCUT2D eigenvalue weighted by atomic mass is 9.88. The Morgan fingerprint density at radius 1 is 0.971 bits per heavy atom. The van der Waals surface area contributed by atoms with E-state index in [0.29, 0.717) is 43.7 Å². The zero-order valence-electron chi connectivity index (χ0n) is 19.7. The summed E-state index contributed by atoms with van der Waals surface area (Å²) in [5.74, 6) is 0.393. The number of aryl methyl sites for hydroxylation is 1. The first-order chi connectivity index (χ1) is 16.5. The summed E-state index contributed by atoms with van der Waals surface area (Å²) in [7, 11) is 1.58. The van der Waals surface area contributed by atoms with Crippen LogP contribution in [0.2, 0.25) is 0 Å². The number of nitrogens with zero attached hydrogens (tertiary/aromatic N) is 1. The van der Waals surface area contributed by atoms with Crippen LogP contribution in [0.5, 0.6) is 5.75 Å². The number of hydrogen-bond donors (Lipinski definition) is 2. The highest BCUT2D eigenvalue weighted by Crippen LogP contribution is 2.25. The van der Waals surface area contributed by atoms with Crippen LogP contribution in [-0.2, 0) is 16.0 Å². The molecule has 0 aromatic heterocycles. The number of benzene rings is 2. The second-order valence-corrected chi connectivity index (χ2v) is 9.17. The van der Waals surface area contributed by atoms with E-state index in [2.05, 4.69) is 10.6 Å². The van der Waals surface area contributed by atoms with Crippen LogP contribution in [0.25, 0.3) is 0 Å². The average Bonchev–Trinajstić information content (AvgIpc) is 3.70. The number of methoxy groups -OCH3 is 1. The molecule has 4 rings (SSSR count). The van der Waals surface area contributed by atoms with Crippen molar-refractivity contribution in [3.8, 4) is 5.75 Å². The van der Waals surface area contributed by atoms with Crippen LogP contribution in [0, 0.1) is 5.92 Å². The normalized spacial score (nSPS) is 17.0. The largest absolute Gasteiger partial charge is 0.497 e. The predicted molar refractivity (Wildman–Crippen MR) is 129 cm³/mol. The standard InChI is InChI=1S/C27H33N3O4/c1-34-23-12-8-21(9-13-23)26(32)29-25(27(33)28-22-10-11-22)20-15-17-30(18-16-20)24(31)14-7-19-5-3-2-4-6-19/h2-6,8-9,12-13,20,22,25H,7,10-11,14-18H2,1H3,(H,28,33)(H,29,32). The lowest BCUT2D eigenvalue weighted by molar-refractivity contribution is -0.133. The smallest absolute Gasteiger partial charge is 0.251 e. The molecule has 1 aliphatic heterocycles. The van der Waals surface area contributed by atoms with Crippen molar-refractivity contribution < 1.29 is 19.1 Å². The van der Waals surface area contributed by atoms with Gasteiger partial charge in [0.2, 0.25) is 11.8 Å². The zero-order valence-corrected chi connectivity index (χ0v) is 19.7. The van der Waals surface area contributed by atoms with Crippen LogP contribution < -0.4 is 15.4 Å². The molecule has 1 aliphatic carbocycles. The highest BCUT2D eigenvalue weighted by Gasteiger charge is 2.36. The van der Waals surface area contributed by atoms with Crippen molar-refractivity contribution in [3.63, 3.8) is 0 Å². The van der Waals surface area contributed by atoms with Gasteiger partial charge in [-0.3, -0.25) is 14.4 Å². The number of amides is 3. The Bertz CT molecular complexity index is 981. The molecule has 1 unspecified atom stereocenters. The molecule has 34 heavy (non-hydrogen) atoms. The Kier molecular flexibility index (Phi) is 7.83. The molecule has 1 saturated carbocycles. The van der Waals surface area contributed by atoms with Crippen molar-refractivity contribution in [1.29, 1.82) is 0 Å². The number of hydrogen-bond acceptors (Lipinski definition) is 4. The van der Waals surface area contributed by atoms with Gasteiger partial charge in [0, 0.05) is 31.1 Å². The minimum absolute atomic E-state index is 0.0147. The van der Waals surface area contributed by atoms with Gasteiger partial charge in [-0.25, -0.2) is 0 Å². The molecule has 0 spiro atoms. The maximum absolute atomic E-state index is 13.0. The van der Waals surface area contributed by atoms with E-state index in [1.54, 1.807) is 31.4 Å². The molecule has 7 heteroatoms. The number of carbonyl (C=O) groups is 3. The van der Waals surface area contributed by atoms with Gasteiger partial charge in [-0.05, 0) is 67.9 Å². The highest BCUT2D eigenvalue weighted by molar-refractivity contribution is 5.97. The quantitative estimate of drug-likeness (QED) is 0.599. The molecule has 2 N–H and O–H groups in total. The van der Waals surface area contributed by atoms with E-state index in [-0.39, 0.29) is 29.7 Å². The van der Waals surface area contributed by atoms with Crippen molar-refractivity contribution >= 4 is 17.7 Å². The Hall–Kier alpha value is -3.35. The van der Waals surface area contributed by atoms with Gasteiger partial charge in [-0.1, -0.05) is 30.3 Å². The van der Waals surface area contributed by atoms with Crippen molar-refractivity contribution in [3.05, 3.63) is 65.7 Å². The Labute approximate surface area is 200 Å². The van der Waals surface area contributed by atoms with Crippen LogP contribution in [0.3, 0.4) is 0 Å². The lowest BCUT2D eigenvalue weighted by Gasteiger charge is -2.36. The van der Waals surface area contributed by atoms with Crippen LogP contribution in [-0.4, -0.2) is 54.9 Å². The summed E-state index contributed by atoms with van der Waals surface area (Å²) < 4.78 is 5.16. The molecule has 2 aromatic rings. The molecule has 1 atom stereocenters. The SMILES string of the molecule is COc1ccc(C(=O)NC(C(=O)NC2CC2)C2CCN(C(=O)CCc3ccccc3)CC2)cc1. The molecule has 2 fully saturated rings. The molecule has 0 radical (unpaired) electrons. The average molecular weight is 464 g/mol. The van der Waals surface area contributed by atoms with E-state index >= 15 is 0 Å². The monoisotopic (exact) mass is 463 g/mol. The van der Waals surface area contributed by atoms with E-state index in [0.717, 1.165) is 24.8 Å². The van der Waals surface area contributed by atoms with Crippen molar-refractivity contribution in [1.82, 2.24) is 15.5 Å². The first-order valence-electron chi connectivity index (χ1n) is 12.1. The topological polar surface area (TPSA) is 87.7 Å². The van der Waals surface area contributed by atoms with E-state index in [1.165, 1.54) is 0 Å². The van der Waals surface area contributed by atoms with Gasteiger partial charge in [0.25, 0.3) is 5.91 Å². The van der Waals surface area contributed by atoms with Gasteiger partial charge in [-0.2, -0.15) is 0 Å². The molecular formula is C27H33N3O4. The number of nitrogens with one attached hydrogen (secondary N) is 2. The Balaban J connectivity index is 1.34. The van der Waals surface area contributed by atoms with Gasteiger partial charge < -0.3 is 20.3 Å². The summed E-state index contributed by atoms with van der Waals surface area (Å²) in [5.41, 5.74) is 1.64. The number of carbonyl (C=O) groups excluding carboxylic acids is 3. The molecule has 1 heterocycles. The molecule has 180 valence electrons. The van der Waals surface area contributed by atoms with Crippen LogP contribution in [0.4, 0.5) is 0 Å². The molecule has 7 nitrogen and oxygen atoms in total. The van der Waals surface area contributed by atoms with Gasteiger partial charge in [0.05, 0.1) is 7.11 Å². The van der Waals surface area contributed by atoms with Crippen LogP contribution in [0.15, 0.2) is 54.6 Å². The first kappa shape index (κ1) is 23.8. The number of ether oxygens (including phenoxy) is 1. The summed E-state index contributed by atoms with van der Waals surface area (Å²) >= 11 is 0. The number of piperidine rings is 1. The minimum atomic E-state index is -0.614. The minimum Gasteiger partial charge on any atom is -0.497 e. The van der Waals surface area contributed by atoms with E-state index in [4.69, 9.17) is 4.74 Å². The first-order valence-corrected chi connectivity index (χ1v) is 12.1. The van der Waals surface area contributed by atoms with Crippen LogP contribution >= 0.6 is 0 Å². The van der Waals surface area contributed by atoms with E-state index < -0.39 is 6.04 Å². The van der Waals surface area contributed by atoms with E-state index in [9.17, 15) is 14.4 Å². The summed E-state index contributed by atoms with van der Waals surface area (Å²) in [6.07, 6.45) is 4.54. The predicted octanol–water partition coefficient (Wildman–Crippen LogP) is 2.94. The Morgan fingerprint density at radius 2 is 1.65 bits per heavy atom. The third-order valence-electron chi connectivity index (χ3n) is 6.68. The third-order valence-corrected chi connectivity index (χ3v) is 6.68. The molecule has 1 saturated heterocycles. The fourth-order valence-electron chi connectivity index (χ4n) is 4.42. The molecule has 2 aromatic carbocycles. The van der Waals surface area contributed by atoms with Gasteiger partial charge in [0.15, 0.2) is 0 Å². The number of rotatable bonds is 9. The van der Waals surface area contributed by atoms with E-state index in [1.807, 2.05) is 35.2 Å². The highest BCUT2D eigenvalue weighted by atomic mass is 16.5. The maximum atomic E-state index is 13.0. The zero-order chi connectivity index (χ0) is 23.9. The number of likely N-dealkylation sites (tertiary alicyclic amines) is 1. The fraction of sp³-hybridized carbons (Fsp3) is 0.444. The lowest BCUT2D eigenvalue weighted by Crippen LogP contribution is -2.54. The summed E-state index contributed by atoms with van der Waals surface area (Å²) in [6, 6.07) is 16.5. The molecule has 2 aliphatic rings. The molecular weight excluding hydrogens is 430 g/mol. The maximum Gasteiger partial charge on any atom is 0.251 e. The van der Waals surface area contributed by atoms with Crippen molar-refractivity contribution in [2.75, 3.05) is 20.2 Å². The summed E-state index contributed by atoms with van der Waals surface area (Å²) in [6.45, 7) is 1.20. The van der Waals surface area contributed by atoms with Gasteiger partial charge in [0.1, 0.15) is 11.8 Å². The molecule has 3 amide bonds. The second kappa shape index (κ2) is 11.2. The van der Waals surface area contributed by atoms with Gasteiger partial charge >= 0.3 is 0 Å². The Morgan fingerprint density at radius 3 is 2.26 bits per heavy atom.